The van der Waals surface area contributed by atoms with E-state index in [2.05, 4.69) is 12.2 Å². The van der Waals surface area contributed by atoms with E-state index >= 15 is 0 Å². The van der Waals surface area contributed by atoms with Crippen molar-refractivity contribution in [1.82, 2.24) is 10.2 Å². The maximum atomic E-state index is 11.6. The van der Waals surface area contributed by atoms with Gasteiger partial charge in [0.05, 0.1) is 12.6 Å². The number of ether oxygens (including phenoxy) is 1. The van der Waals surface area contributed by atoms with Crippen LogP contribution in [0.4, 0.5) is 0 Å². The summed E-state index contributed by atoms with van der Waals surface area (Å²) in [7, 11) is 1.87. The summed E-state index contributed by atoms with van der Waals surface area (Å²) in [4.78, 5) is 13.4. The fourth-order valence-electron chi connectivity index (χ4n) is 1.80. The molecular formula is C12H24N2O2. The second kappa shape index (κ2) is 7.63. The van der Waals surface area contributed by atoms with Crippen LogP contribution in [0.1, 0.15) is 32.6 Å². The molecule has 0 radical (unpaired) electrons. The third kappa shape index (κ3) is 4.94. The summed E-state index contributed by atoms with van der Waals surface area (Å²) in [6.45, 7) is 5.09. The number of hydrogen-bond donors (Lipinski definition) is 1. The van der Waals surface area contributed by atoms with Crippen molar-refractivity contribution in [1.29, 1.82) is 0 Å². The molecule has 0 aromatic carbocycles. The van der Waals surface area contributed by atoms with E-state index < -0.39 is 0 Å². The maximum Gasteiger partial charge on any atom is 0.236 e. The minimum atomic E-state index is 0.173. The van der Waals surface area contributed by atoms with Gasteiger partial charge in [-0.2, -0.15) is 0 Å². The van der Waals surface area contributed by atoms with Crippen molar-refractivity contribution in [3.63, 3.8) is 0 Å². The van der Waals surface area contributed by atoms with Gasteiger partial charge in [-0.3, -0.25) is 4.79 Å². The average Bonchev–Trinajstić information content (AvgIpc) is 2.78. The van der Waals surface area contributed by atoms with Crippen LogP contribution >= 0.6 is 0 Å². The Morgan fingerprint density at radius 2 is 2.38 bits per heavy atom. The van der Waals surface area contributed by atoms with Crippen molar-refractivity contribution in [2.45, 2.75) is 38.7 Å². The van der Waals surface area contributed by atoms with Crippen LogP contribution in [0.2, 0.25) is 0 Å². The van der Waals surface area contributed by atoms with Crippen LogP contribution in [0, 0.1) is 0 Å². The largest absolute Gasteiger partial charge is 0.377 e. The van der Waals surface area contributed by atoms with Gasteiger partial charge in [0.1, 0.15) is 0 Å². The molecule has 1 aliphatic heterocycles. The lowest BCUT2D eigenvalue weighted by molar-refractivity contribution is -0.129. The Balaban J connectivity index is 2.04. The molecule has 1 N–H and O–H groups in total. The Morgan fingerprint density at radius 3 is 3.00 bits per heavy atom. The van der Waals surface area contributed by atoms with Gasteiger partial charge in [0.15, 0.2) is 0 Å². The number of nitrogens with zero attached hydrogens (tertiary/aromatic N) is 1. The molecule has 0 bridgehead atoms. The van der Waals surface area contributed by atoms with Gasteiger partial charge in [0.2, 0.25) is 5.91 Å². The van der Waals surface area contributed by atoms with E-state index in [1.54, 1.807) is 4.90 Å². The van der Waals surface area contributed by atoms with Crippen LogP contribution in [0.3, 0.4) is 0 Å². The van der Waals surface area contributed by atoms with Crippen LogP contribution in [-0.4, -0.2) is 50.2 Å². The Hall–Kier alpha value is -0.610. The lowest BCUT2D eigenvalue weighted by atomic mass is 10.2. The number of carbonyl (C=O) groups is 1. The molecule has 4 heteroatoms. The summed E-state index contributed by atoms with van der Waals surface area (Å²) < 4.78 is 5.47. The molecule has 1 saturated heterocycles. The van der Waals surface area contributed by atoms with Gasteiger partial charge in [-0.1, -0.05) is 13.3 Å². The number of hydrogen-bond acceptors (Lipinski definition) is 3. The van der Waals surface area contributed by atoms with Crippen LogP contribution < -0.4 is 5.32 Å². The zero-order valence-corrected chi connectivity index (χ0v) is 10.5. The Bertz CT molecular complexity index is 203. The molecule has 0 aromatic rings. The van der Waals surface area contributed by atoms with Gasteiger partial charge in [-0.15, -0.1) is 0 Å². The van der Waals surface area contributed by atoms with Crippen LogP contribution in [0.15, 0.2) is 0 Å². The standard InChI is InChI=1S/C12H24N2O2/c1-3-4-7-14(2)12(15)10-13-9-11-6-5-8-16-11/h11,13H,3-10H2,1-2H3. The number of nitrogens with one attached hydrogen (secondary N) is 1. The highest BCUT2D eigenvalue weighted by molar-refractivity contribution is 5.77. The quantitative estimate of drug-likeness (QED) is 0.707. The summed E-state index contributed by atoms with van der Waals surface area (Å²) >= 11 is 0. The molecule has 1 amide bonds. The lowest BCUT2D eigenvalue weighted by Gasteiger charge is -2.17. The van der Waals surface area contributed by atoms with Gasteiger partial charge in [-0.25, -0.2) is 0 Å². The van der Waals surface area contributed by atoms with Crippen molar-refractivity contribution in [2.24, 2.45) is 0 Å². The molecule has 1 atom stereocenters. The first-order valence-corrected chi connectivity index (χ1v) is 6.30. The Labute approximate surface area is 98.3 Å². The van der Waals surface area contributed by atoms with Gasteiger partial charge in [0.25, 0.3) is 0 Å². The van der Waals surface area contributed by atoms with Crippen molar-refractivity contribution < 1.29 is 9.53 Å². The first-order chi connectivity index (χ1) is 7.74. The van der Waals surface area contributed by atoms with E-state index in [9.17, 15) is 4.79 Å². The topological polar surface area (TPSA) is 41.6 Å². The van der Waals surface area contributed by atoms with Crippen LogP contribution in [-0.2, 0) is 9.53 Å². The van der Waals surface area contributed by atoms with E-state index in [-0.39, 0.29) is 5.91 Å². The molecule has 16 heavy (non-hydrogen) atoms. The molecule has 0 saturated carbocycles. The minimum Gasteiger partial charge on any atom is -0.377 e. The molecule has 0 aliphatic carbocycles. The van der Waals surface area contributed by atoms with Gasteiger partial charge in [-0.05, 0) is 19.3 Å². The first kappa shape index (κ1) is 13.5. The highest BCUT2D eigenvalue weighted by Gasteiger charge is 2.15. The molecule has 0 aromatic heterocycles. The third-order valence-electron chi connectivity index (χ3n) is 2.95. The molecule has 1 rings (SSSR count). The first-order valence-electron chi connectivity index (χ1n) is 6.30. The number of carbonyl (C=O) groups excluding carboxylic acids is 1. The molecule has 0 spiro atoms. The number of likely N-dealkylation sites (N-methyl/N-ethyl adjacent to an activating group) is 1. The highest BCUT2D eigenvalue weighted by Crippen LogP contribution is 2.10. The van der Waals surface area contributed by atoms with Crippen molar-refractivity contribution in [3.05, 3.63) is 0 Å². The lowest BCUT2D eigenvalue weighted by Crippen LogP contribution is -2.38. The molecule has 1 aliphatic rings. The minimum absolute atomic E-state index is 0.173. The predicted octanol–water partition coefficient (Wildman–Crippen LogP) is 1.01. The molecule has 1 unspecified atom stereocenters. The summed E-state index contributed by atoms with van der Waals surface area (Å²) in [5, 5.41) is 3.17. The van der Waals surface area contributed by atoms with Crippen molar-refractivity contribution >= 4 is 5.91 Å². The van der Waals surface area contributed by atoms with Gasteiger partial charge < -0.3 is 15.0 Å². The third-order valence-corrected chi connectivity index (χ3v) is 2.95. The Kier molecular flexibility index (Phi) is 6.42. The van der Waals surface area contributed by atoms with E-state index in [1.165, 1.54) is 0 Å². The molecule has 1 fully saturated rings. The van der Waals surface area contributed by atoms with E-state index in [1.807, 2.05) is 7.05 Å². The highest BCUT2D eigenvalue weighted by atomic mass is 16.5. The van der Waals surface area contributed by atoms with E-state index in [4.69, 9.17) is 4.74 Å². The van der Waals surface area contributed by atoms with Crippen molar-refractivity contribution in [3.8, 4) is 0 Å². The molecule has 1 heterocycles. The smallest absolute Gasteiger partial charge is 0.236 e. The summed E-state index contributed by atoms with van der Waals surface area (Å²) in [5.74, 6) is 0.173. The number of amides is 1. The number of rotatable bonds is 7. The SMILES string of the molecule is CCCCN(C)C(=O)CNCC1CCCO1. The molecule has 4 nitrogen and oxygen atoms in total. The predicted molar refractivity (Wildman–Crippen MR) is 64.4 cm³/mol. The zero-order valence-electron chi connectivity index (χ0n) is 10.5. The van der Waals surface area contributed by atoms with Crippen LogP contribution in [0.5, 0.6) is 0 Å². The van der Waals surface area contributed by atoms with Gasteiger partial charge in [0, 0.05) is 26.7 Å². The molecule has 94 valence electrons. The fraction of sp³-hybridized carbons (Fsp3) is 0.917. The van der Waals surface area contributed by atoms with Crippen molar-refractivity contribution in [2.75, 3.05) is 33.3 Å². The maximum absolute atomic E-state index is 11.6. The monoisotopic (exact) mass is 228 g/mol. The van der Waals surface area contributed by atoms with Crippen LogP contribution in [0.25, 0.3) is 0 Å². The second-order valence-electron chi connectivity index (χ2n) is 4.43. The summed E-state index contributed by atoms with van der Waals surface area (Å²) in [5.41, 5.74) is 0. The summed E-state index contributed by atoms with van der Waals surface area (Å²) in [6, 6.07) is 0. The molecular weight excluding hydrogens is 204 g/mol. The fourth-order valence-corrected chi connectivity index (χ4v) is 1.80. The van der Waals surface area contributed by atoms with E-state index in [0.717, 1.165) is 45.4 Å². The second-order valence-corrected chi connectivity index (χ2v) is 4.43. The Morgan fingerprint density at radius 1 is 1.56 bits per heavy atom. The zero-order chi connectivity index (χ0) is 11.8. The number of unbranched alkanes of at least 4 members (excludes halogenated alkanes) is 1. The van der Waals surface area contributed by atoms with E-state index in [0.29, 0.717) is 12.6 Å². The normalized spacial score (nSPS) is 20.0. The average molecular weight is 228 g/mol. The van der Waals surface area contributed by atoms with Gasteiger partial charge >= 0.3 is 0 Å². The summed E-state index contributed by atoms with van der Waals surface area (Å²) in [6.07, 6.45) is 4.78.